The Morgan fingerprint density at radius 3 is 1.86 bits per heavy atom. The molecule has 0 bridgehead atoms. The maximum atomic E-state index is 6.58. The summed E-state index contributed by atoms with van der Waals surface area (Å²) in [7, 11) is 0. The molecule has 310 valence electrons. The van der Waals surface area contributed by atoms with E-state index in [4.69, 9.17) is 4.42 Å². The van der Waals surface area contributed by atoms with Gasteiger partial charge in [-0.15, -0.1) is 0 Å². The number of benzene rings is 11. The van der Waals surface area contributed by atoms with Crippen molar-refractivity contribution in [3.8, 4) is 39.1 Å². The van der Waals surface area contributed by atoms with Crippen LogP contribution in [0.15, 0.2) is 223 Å². The Kier molecular flexibility index (Phi) is 7.74. The van der Waals surface area contributed by atoms with Crippen molar-refractivity contribution in [2.45, 2.75) is 19.3 Å². The van der Waals surface area contributed by atoms with E-state index in [0.29, 0.717) is 0 Å². The fourth-order valence-corrected chi connectivity index (χ4v) is 11.5. The quantitative estimate of drug-likeness (QED) is 0.156. The zero-order valence-corrected chi connectivity index (χ0v) is 36.6. The number of hydrogen-bond donors (Lipinski definition) is 0. The minimum absolute atomic E-state index is 0.155. The van der Waals surface area contributed by atoms with Crippen molar-refractivity contribution in [1.82, 2.24) is 4.57 Å². The molecular weight excluding hydrogens is 801 g/mol. The van der Waals surface area contributed by atoms with Crippen LogP contribution in [0.5, 0.6) is 0 Å². The van der Waals surface area contributed by atoms with E-state index < -0.39 is 0 Å². The van der Waals surface area contributed by atoms with E-state index >= 15 is 0 Å². The van der Waals surface area contributed by atoms with Crippen molar-refractivity contribution in [3.63, 3.8) is 0 Å². The van der Waals surface area contributed by atoms with Gasteiger partial charge in [0.2, 0.25) is 0 Å². The molecule has 13 aromatic rings. The normalized spacial score (nSPS) is 13.1. The highest BCUT2D eigenvalue weighted by Crippen LogP contribution is 2.53. The zero-order chi connectivity index (χ0) is 43.7. The molecule has 0 aliphatic heterocycles. The highest BCUT2D eigenvalue weighted by atomic mass is 16.3. The first kappa shape index (κ1) is 37.0. The van der Waals surface area contributed by atoms with Crippen LogP contribution in [0.4, 0.5) is 17.1 Å². The molecule has 0 spiro atoms. The standard InChI is InChI=1S/C63H42N2O/c1-63(2)53-23-11-8-18-45(53)46-33-32-43(38-54(46)63)64(42-30-27-39(28-31-42)40-29-35-57-52(37-40)48-20-10-13-25-56(48)65(57)41-15-4-3-5-16-41)55-24-12-9-19-47(55)51-34-36-59-62-60(51)49-21-7-6-17-44(49)50-22-14-26-58(66-59)61(50)62/h3-38H,1-2H3. The topological polar surface area (TPSA) is 21.3 Å². The molecule has 1 aliphatic carbocycles. The smallest absolute Gasteiger partial charge is 0.136 e. The summed E-state index contributed by atoms with van der Waals surface area (Å²) in [6.45, 7) is 4.73. The molecule has 66 heavy (non-hydrogen) atoms. The van der Waals surface area contributed by atoms with E-state index in [2.05, 4.69) is 242 Å². The molecule has 0 unspecified atom stereocenters. The lowest BCUT2D eigenvalue weighted by Gasteiger charge is -2.30. The predicted octanol–water partition coefficient (Wildman–Crippen LogP) is 17.5. The van der Waals surface area contributed by atoms with Crippen molar-refractivity contribution in [1.29, 1.82) is 0 Å². The molecule has 0 radical (unpaired) electrons. The van der Waals surface area contributed by atoms with Gasteiger partial charge in [0.25, 0.3) is 0 Å². The molecule has 0 N–H and O–H groups in total. The molecule has 0 fully saturated rings. The van der Waals surface area contributed by atoms with Gasteiger partial charge in [-0.05, 0) is 134 Å². The molecule has 3 heteroatoms. The summed E-state index contributed by atoms with van der Waals surface area (Å²) in [5.74, 6) is 0. The molecule has 2 aromatic heterocycles. The van der Waals surface area contributed by atoms with Crippen LogP contribution in [0.3, 0.4) is 0 Å². The average molecular weight is 843 g/mol. The second-order valence-corrected chi connectivity index (χ2v) is 18.4. The van der Waals surface area contributed by atoms with Crippen molar-refractivity contribution in [3.05, 3.63) is 230 Å². The van der Waals surface area contributed by atoms with Crippen molar-refractivity contribution in [2.24, 2.45) is 0 Å². The van der Waals surface area contributed by atoms with Gasteiger partial charge in [-0.25, -0.2) is 0 Å². The van der Waals surface area contributed by atoms with Crippen molar-refractivity contribution in [2.75, 3.05) is 4.90 Å². The van der Waals surface area contributed by atoms with Gasteiger partial charge < -0.3 is 13.9 Å². The Bertz CT molecular complexity index is 4080. The minimum Gasteiger partial charge on any atom is -0.456 e. The second kappa shape index (κ2) is 13.8. The van der Waals surface area contributed by atoms with Gasteiger partial charge >= 0.3 is 0 Å². The molecule has 1 aliphatic rings. The van der Waals surface area contributed by atoms with Crippen LogP contribution in [0.2, 0.25) is 0 Å². The number of rotatable bonds is 6. The van der Waals surface area contributed by atoms with Crippen LogP contribution >= 0.6 is 0 Å². The van der Waals surface area contributed by atoms with E-state index in [-0.39, 0.29) is 5.41 Å². The number of para-hydroxylation sites is 3. The average Bonchev–Trinajstić information content (AvgIpc) is 4.00. The summed E-state index contributed by atoms with van der Waals surface area (Å²) < 4.78 is 8.96. The zero-order valence-electron chi connectivity index (χ0n) is 36.6. The van der Waals surface area contributed by atoms with Crippen LogP contribution in [0.25, 0.3) is 104 Å². The van der Waals surface area contributed by atoms with Crippen LogP contribution in [-0.2, 0) is 5.41 Å². The Labute approximate surface area is 382 Å². The fraction of sp³-hybridized carbons (Fsp3) is 0.0476. The second-order valence-electron chi connectivity index (χ2n) is 18.4. The lowest BCUT2D eigenvalue weighted by molar-refractivity contribution is 0.660. The van der Waals surface area contributed by atoms with E-state index in [1.54, 1.807) is 0 Å². The van der Waals surface area contributed by atoms with Crippen LogP contribution in [0.1, 0.15) is 25.0 Å². The molecule has 0 atom stereocenters. The lowest BCUT2D eigenvalue weighted by Crippen LogP contribution is -2.16. The van der Waals surface area contributed by atoms with E-state index in [1.807, 2.05) is 0 Å². The molecule has 3 nitrogen and oxygen atoms in total. The Balaban J connectivity index is 0.967. The number of hydrogen-bond acceptors (Lipinski definition) is 2. The summed E-state index contributed by atoms with van der Waals surface area (Å²) in [5, 5.41) is 9.78. The summed E-state index contributed by atoms with van der Waals surface area (Å²) >= 11 is 0. The first-order chi connectivity index (χ1) is 32.5. The van der Waals surface area contributed by atoms with Gasteiger partial charge in [-0.2, -0.15) is 0 Å². The Morgan fingerprint density at radius 1 is 0.379 bits per heavy atom. The van der Waals surface area contributed by atoms with Crippen molar-refractivity contribution >= 4 is 82.4 Å². The summed E-state index contributed by atoms with van der Waals surface area (Å²) in [4.78, 5) is 2.47. The van der Waals surface area contributed by atoms with Gasteiger partial charge in [0.15, 0.2) is 0 Å². The largest absolute Gasteiger partial charge is 0.456 e. The van der Waals surface area contributed by atoms with Gasteiger partial charge in [-0.3, -0.25) is 0 Å². The molecule has 0 saturated carbocycles. The molecule has 14 rings (SSSR count). The molecule has 11 aromatic carbocycles. The van der Waals surface area contributed by atoms with Crippen LogP contribution < -0.4 is 4.90 Å². The molecule has 0 saturated heterocycles. The third-order valence-electron chi connectivity index (χ3n) is 14.6. The summed E-state index contributed by atoms with van der Waals surface area (Å²) in [6.07, 6.45) is 0. The highest BCUT2D eigenvalue weighted by molar-refractivity contribution is 6.35. The maximum absolute atomic E-state index is 6.58. The van der Waals surface area contributed by atoms with Gasteiger partial charge in [-0.1, -0.05) is 153 Å². The van der Waals surface area contributed by atoms with Crippen LogP contribution in [0, 0.1) is 0 Å². The number of furan rings is 1. The first-order valence-electron chi connectivity index (χ1n) is 22.9. The van der Waals surface area contributed by atoms with Gasteiger partial charge in [0, 0.05) is 55.0 Å². The number of aromatic nitrogens is 1. The third kappa shape index (κ3) is 5.20. The van der Waals surface area contributed by atoms with E-state index in [9.17, 15) is 0 Å². The molecular formula is C63H42N2O. The number of nitrogens with zero attached hydrogens (tertiary/aromatic N) is 2. The van der Waals surface area contributed by atoms with E-state index in [0.717, 1.165) is 39.5 Å². The van der Waals surface area contributed by atoms with Gasteiger partial charge in [0.05, 0.1) is 16.7 Å². The van der Waals surface area contributed by atoms with Crippen LogP contribution in [-0.4, -0.2) is 4.57 Å². The highest BCUT2D eigenvalue weighted by Gasteiger charge is 2.36. The maximum Gasteiger partial charge on any atom is 0.136 e. The van der Waals surface area contributed by atoms with E-state index in [1.165, 1.54) is 93.1 Å². The first-order valence-corrected chi connectivity index (χ1v) is 22.9. The molecule has 0 amide bonds. The SMILES string of the molecule is CC1(C)c2ccccc2-c2ccc(N(c3ccc(-c4ccc5c(c4)c4ccccc4n5-c4ccccc4)cc3)c3ccccc3-c3ccc4oc5cccc6c7ccccc7c3c4c56)cc21. The Hall–Kier alpha value is -8.40. The number of fused-ring (bicyclic) bond motifs is 9. The third-order valence-corrected chi connectivity index (χ3v) is 14.6. The fourth-order valence-electron chi connectivity index (χ4n) is 11.5. The van der Waals surface area contributed by atoms with Gasteiger partial charge in [0.1, 0.15) is 11.2 Å². The summed E-state index contributed by atoms with van der Waals surface area (Å²) in [6, 6.07) is 80.2. The lowest BCUT2D eigenvalue weighted by atomic mass is 9.82. The summed E-state index contributed by atoms with van der Waals surface area (Å²) in [5.41, 5.74) is 18.6. The Morgan fingerprint density at radius 2 is 1.00 bits per heavy atom. The number of anilines is 3. The minimum atomic E-state index is -0.155. The monoisotopic (exact) mass is 842 g/mol. The van der Waals surface area contributed by atoms with Crippen molar-refractivity contribution < 1.29 is 4.42 Å². The molecule has 2 heterocycles. The predicted molar refractivity (Wildman–Crippen MR) is 277 cm³/mol.